The molecule has 0 aromatic carbocycles. The van der Waals surface area contributed by atoms with Crippen molar-refractivity contribution in [2.45, 2.75) is 25.8 Å². The monoisotopic (exact) mass is 217 g/mol. The Hall–Kier alpha value is -1.14. The number of nitrogens with two attached hydrogens (primary N) is 1. The highest BCUT2D eigenvalue weighted by Gasteiger charge is 2.22. The van der Waals surface area contributed by atoms with Crippen molar-refractivity contribution in [2.24, 2.45) is 5.73 Å². The third-order valence-corrected chi connectivity index (χ3v) is 2.20. The first kappa shape index (κ1) is 13.9. The van der Waals surface area contributed by atoms with Crippen LogP contribution in [0.4, 0.5) is 0 Å². The van der Waals surface area contributed by atoms with Crippen LogP contribution < -0.4 is 16.4 Å². The fraction of sp³-hybridized carbons (Fsp3) is 0.778. The van der Waals surface area contributed by atoms with Crippen LogP contribution in [-0.4, -0.2) is 42.2 Å². The molecule has 0 bridgehead atoms. The Bertz CT molecular complexity index is 227. The van der Waals surface area contributed by atoms with E-state index in [1.807, 2.05) is 6.92 Å². The van der Waals surface area contributed by atoms with Gasteiger partial charge in [0.25, 0.3) is 0 Å². The zero-order valence-corrected chi connectivity index (χ0v) is 9.17. The Labute approximate surface area is 89.2 Å². The van der Waals surface area contributed by atoms with Crippen LogP contribution in [0.1, 0.15) is 20.3 Å². The van der Waals surface area contributed by atoms with Crippen molar-refractivity contribution in [3.05, 3.63) is 0 Å². The number of aliphatic hydroxyl groups excluding tert-OH is 1. The van der Waals surface area contributed by atoms with Gasteiger partial charge in [-0.15, -0.1) is 0 Å². The second-order valence-electron chi connectivity index (χ2n) is 3.60. The SMILES string of the molecule is CCC(C)(CO)NC(=O)CNC(=O)CN. The van der Waals surface area contributed by atoms with Gasteiger partial charge in [-0.1, -0.05) is 6.92 Å². The molecular weight excluding hydrogens is 198 g/mol. The summed E-state index contributed by atoms with van der Waals surface area (Å²) in [6.45, 7) is 3.19. The van der Waals surface area contributed by atoms with Crippen molar-refractivity contribution >= 4 is 11.8 Å². The molecule has 1 unspecified atom stereocenters. The quantitative estimate of drug-likeness (QED) is 0.427. The lowest BCUT2D eigenvalue weighted by Gasteiger charge is -2.27. The van der Waals surface area contributed by atoms with Gasteiger partial charge in [-0.05, 0) is 13.3 Å². The van der Waals surface area contributed by atoms with Crippen molar-refractivity contribution in [1.29, 1.82) is 0 Å². The molecule has 0 heterocycles. The molecule has 0 saturated heterocycles. The molecule has 0 aliphatic rings. The lowest BCUT2D eigenvalue weighted by molar-refractivity contribution is -0.126. The Morgan fingerprint density at radius 1 is 1.40 bits per heavy atom. The van der Waals surface area contributed by atoms with Crippen molar-refractivity contribution < 1.29 is 14.7 Å². The maximum atomic E-state index is 11.3. The molecule has 6 heteroatoms. The molecule has 0 aliphatic heterocycles. The van der Waals surface area contributed by atoms with Gasteiger partial charge in [0.05, 0.1) is 25.2 Å². The molecule has 0 fully saturated rings. The van der Waals surface area contributed by atoms with E-state index >= 15 is 0 Å². The van der Waals surface area contributed by atoms with E-state index in [0.29, 0.717) is 6.42 Å². The molecular formula is C9H19N3O3. The minimum atomic E-state index is -0.634. The van der Waals surface area contributed by atoms with Crippen LogP contribution in [0.3, 0.4) is 0 Å². The zero-order chi connectivity index (χ0) is 11.9. The molecule has 0 rings (SSSR count). The minimum absolute atomic E-state index is 0.119. The highest BCUT2D eigenvalue weighted by Crippen LogP contribution is 2.06. The van der Waals surface area contributed by atoms with Crippen LogP contribution in [0.5, 0.6) is 0 Å². The minimum Gasteiger partial charge on any atom is -0.394 e. The van der Waals surface area contributed by atoms with Gasteiger partial charge >= 0.3 is 0 Å². The number of rotatable bonds is 6. The van der Waals surface area contributed by atoms with E-state index in [4.69, 9.17) is 10.8 Å². The largest absolute Gasteiger partial charge is 0.394 e. The normalized spacial score (nSPS) is 14.1. The molecule has 0 aliphatic carbocycles. The Kier molecular flexibility index (Phi) is 5.88. The summed E-state index contributed by atoms with van der Waals surface area (Å²) in [4.78, 5) is 22.1. The third-order valence-electron chi connectivity index (χ3n) is 2.20. The van der Waals surface area contributed by atoms with Crippen molar-refractivity contribution in [1.82, 2.24) is 10.6 Å². The second kappa shape index (κ2) is 6.36. The number of amides is 2. The molecule has 0 saturated carbocycles. The van der Waals surface area contributed by atoms with Crippen molar-refractivity contribution in [2.75, 3.05) is 19.7 Å². The van der Waals surface area contributed by atoms with E-state index in [1.165, 1.54) is 0 Å². The van der Waals surface area contributed by atoms with Gasteiger partial charge in [0.1, 0.15) is 0 Å². The molecule has 0 aromatic heterocycles. The summed E-state index contributed by atoms with van der Waals surface area (Å²) in [7, 11) is 0. The summed E-state index contributed by atoms with van der Waals surface area (Å²) in [5.74, 6) is -0.720. The molecule has 5 N–H and O–H groups in total. The molecule has 15 heavy (non-hydrogen) atoms. The summed E-state index contributed by atoms with van der Waals surface area (Å²) in [5, 5.41) is 14.0. The smallest absolute Gasteiger partial charge is 0.239 e. The average Bonchev–Trinajstić information content (AvgIpc) is 2.25. The van der Waals surface area contributed by atoms with E-state index < -0.39 is 5.54 Å². The number of hydrogen-bond acceptors (Lipinski definition) is 4. The molecule has 0 aromatic rings. The maximum Gasteiger partial charge on any atom is 0.239 e. The van der Waals surface area contributed by atoms with E-state index in [2.05, 4.69) is 10.6 Å². The Morgan fingerprint density at radius 3 is 2.40 bits per heavy atom. The fourth-order valence-electron chi connectivity index (χ4n) is 0.872. The van der Waals surface area contributed by atoms with E-state index in [1.54, 1.807) is 6.92 Å². The second-order valence-corrected chi connectivity index (χ2v) is 3.60. The van der Waals surface area contributed by atoms with E-state index in [9.17, 15) is 9.59 Å². The lowest BCUT2D eigenvalue weighted by atomic mass is 10.0. The first-order valence-electron chi connectivity index (χ1n) is 4.86. The van der Waals surface area contributed by atoms with Crippen LogP contribution in [0.15, 0.2) is 0 Å². The first-order chi connectivity index (χ1) is 6.97. The first-order valence-corrected chi connectivity index (χ1v) is 4.86. The molecule has 88 valence electrons. The van der Waals surface area contributed by atoms with Crippen LogP contribution in [0.2, 0.25) is 0 Å². The summed E-state index contributed by atoms with van der Waals surface area (Å²) >= 11 is 0. The third kappa shape index (κ3) is 5.34. The summed E-state index contributed by atoms with van der Waals surface area (Å²) < 4.78 is 0. The summed E-state index contributed by atoms with van der Waals surface area (Å²) in [5.41, 5.74) is 4.42. The molecule has 2 amide bonds. The van der Waals surface area contributed by atoms with Crippen molar-refractivity contribution in [3.63, 3.8) is 0 Å². The predicted octanol–water partition coefficient (Wildman–Crippen LogP) is -1.66. The average molecular weight is 217 g/mol. The highest BCUT2D eigenvalue weighted by atomic mass is 16.3. The number of aliphatic hydroxyl groups is 1. The Morgan fingerprint density at radius 2 is 2.00 bits per heavy atom. The molecule has 6 nitrogen and oxygen atoms in total. The van der Waals surface area contributed by atoms with Gasteiger partial charge in [-0.3, -0.25) is 9.59 Å². The lowest BCUT2D eigenvalue weighted by Crippen LogP contribution is -2.51. The standard InChI is InChI=1S/C9H19N3O3/c1-3-9(2,6-13)12-8(15)5-11-7(14)4-10/h13H,3-6,10H2,1-2H3,(H,11,14)(H,12,15). The number of carbonyl (C=O) groups is 2. The van der Waals surface area contributed by atoms with E-state index in [0.717, 1.165) is 0 Å². The van der Waals surface area contributed by atoms with E-state index in [-0.39, 0.29) is 31.5 Å². The van der Waals surface area contributed by atoms with Crippen LogP contribution in [-0.2, 0) is 9.59 Å². The number of hydrogen-bond donors (Lipinski definition) is 4. The van der Waals surface area contributed by atoms with Crippen LogP contribution in [0.25, 0.3) is 0 Å². The van der Waals surface area contributed by atoms with Gasteiger partial charge in [-0.25, -0.2) is 0 Å². The van der Waals surface area contributed by atoms with Crippen LogP contribution in [0, 0.1) is 0 Å². The van der Waals surface area contributed by atoms with Gasteiger partial charge in [-0.2, -0.15) is 0 Å². The van der Waals surface area contributed by atoms with Gasteiger partial charge in [0, 0.05) is 0 Å². The maximum absolute atomic E-state index is 11.3. The summed E-state index contributed by atoms with van der Waals surface area (Å²) in [6.07, 6.45) is 0.611. The van der Waals surface area contributed by atoms with Gasteiger partial charge in [0.2, 0.25) is 11.8 Å². The molecule has 0 radical (unpaired) electrons. The van der Waals surface area contributed by atoms with Gasteiger partial charge < -0.3 is 21.5 Å². The fourth-order valence-corrected chi connectivity index (χ4v) is 0.872. The topological polar surface area (TPSA) is 104 Å². The summed E-state index contributed by atoms with van der Waals surface area (Å²) in [6, 6.07) is 0. The number of carbonyl (C=O) groups excluding carboxylic acids is 2. The predicted molar refractivity (Wildman–Crippen MR) is 56.0 cm³/mol. The Balaban J connectivity index is 3.97. The zero-order valence-electron chi connectivity index (χ0n) is 9.17. The molecule has 1 atom stereocenters. The van der Waals surface area contributed by atoms with Crippen LogP contribution >= 0.6 is 0 Å². The van der Waals surface area contributed by atoms with Crippen molar-refractivity contribution in [3.8, 4) is 0 Å². The van der Waals surface area contributed by atoms with Gasteiger partial charge in [0.15, 0.2) is 0 Å². The number of nitrogens with one attached hydrogen (secondary N) is 2. The highest BCUT2D eigenvalue weighted by molar-refractivity contribution is 5.85. The molecule has 0 spiro atoms.